The highest BCUT2D eigenvalue weighted by Gasteiger charge is 2.27. The first kappa shape index (κ1) is 17.8. The molecule has 0 radical (unpaired) electrons. The monoisotopic (exact) mass is 368 g/mol. The molecule has 1 aliphatic rings. The predicted octanol–water partition coefficient (Wildman–Crippen LogP) is 3.78. The summed E-state index contributed by atoms with van der Waals surface area (Å²) in [6.45, 7) is 1.21. The molecule has 1 aliphatic carbocycles. The van der Waals surface area contributed by atoms with E-state index < -0.39 is 0 Å². The van der Waals surface area contributed by atoms with E-state index in [1.807, 2.05) is 0 Å². The summed E-state index contributed by atoms with van der Waals surface area (Å²) in [5.74, 6) is 2.23. The first-order chi connectivity index (χ1) is 10.6. The fourth-order valence-corrected chi connectivity index (χ4v) is 3.61. The maximum absolute atomic E-state index is 6.37. The molecule has 0 aromatic carbocycles. The van der Waals surface area contributed by atoms with Crippen molar-refractivity contribution in [3.8, 4) is 0 Å². The molecule has 124 valence electrons. The van der Waals surface area contributed by atoms with Gasteiger partial charge in [-0.1, -0.05) is 25.7 Å². The summed E-state index contributed by atoms with van der Waals surface area (Å²) in [5.41, 5.74) is 6.37. The van der Waals surface area contributed by atoms with Gasteiger partial charge in [0.1, 0.15) is 5.82 Å². The zero-order chi connectivity index (χ0) is 15.9. The molecule has 22 heavy (non-hydrogen) atoms. The molecule has 2 N–H and O–H groups in total. The lowest BCUT2D eigenvalue weighted by molar-refractivity contribution is 0.226. The summed E-state index contributed by atoms with van der Waals surface area (Å²) in [4.78, 5) is 11.0. The SMILES string of the molecule is CN(C)CCCCC1CCC(C(N)c2ncc(Br)cn2)CC1. The summed E-state index contributed by atoms with van der Waals surface area (Å²) in [7, 11) is 4.30. The lowest BCUT2D eigenvalue weighted by Crippen LogP contribution is -2.27. The third-order valence-corrected chi connectivity index (χ3v) is 5.21. The summed E-state index contributed by atoms with van der Waals surface area (Å²) in [5, 5.41) is 0. The van der Waals surface area contributed by atoms with E-state index in [1.165, 1.54) is 51.5 Å². The molecule has 4 nitrogen and oxygen atoms in total. The van der Waals surface area contributed by atoms with E-state index in [0.717, 1.165) is 16.2 Å². The van der Waals surface area contributed by atoms with E-state index in [0.29, 0.717) is 5.92 Å². The molecule has 1 aromatic heterocycles. The van der Waals surface area contributed by atoms with Gasteiger partial charge < -0.3 is 10.6 Å². The van der Waals surface area contributed by atoms with Crippen molar-refractivity contribution in [2.45, 2.75) is 51.0 Å². The second kappa shape index (κ2) is 8.94. The molecule has 0 bridgehead atoms. The van der Waals surface area contributed by atoms with E-state index in [-0.39, 0.29) is 6.04 Å². The van der Waals surface area contributed by atoms with Gasteiger partial charge in [-0.15, -0.1) is 0 Å². The van der Waals surface area contributed by atoms with Crippen molar-refractivity contribution in [3.63, 3.8) is 0 Å². The summed E-state index contributed by atoms with van der Waals surface area (Å²) >= 11 is 3.37. The van der Waals surface area contributed by atoms with Crippen LogP contribution in [0, 0.1) is 11.8 Å². The summed E-state index contributed by atoms with van der Waals surface area (Å²) < 4.78 is 0.907. The van der Waals surface area contributed by atoms with Gasteiger partial charge in [0, 0.05) is 12.4 Å². The van der Waals surface area contributed by atoms with E-state index in [2.05, 4.69) is 44.9 Å². The summed E-state index contributed by atoms with van der Waals surface area (Å²) in [6, 6.07) is -0.0113. The molecule has 2 rings (SSSR count). The van der Waals surface area contributed by atoms with Gasteiger partial charge in [-0.25, -0.2) is 9.97 Å². The Morgan fingerprint density at radius 3 is 2.41 bits per heavy atom. The molecule has 0 aliphatic heterocycles. The van der Waals surface area contributed by atoms with Crippen molar-refractivity contribution >= 4 is 15.9 Å². The number of nitrogens with two attached hydrogens (primary N) is 1. The summed E-state index contributed by atoms with van der Waals surface area (Å²) in [6.07, 6.45) is 12.7. The van der Waals surface area contributed by atoms with Gasteiger partial charge in [-0.05, 0) is 67.7 Å². The van der Waals surface area contributed by atoms with Crippen LogP contribution in [0.25, 0.3) is 0 Å². The van der Waals surface area contributed by atoms with Gasteiger partial charge in [0.2, 0.25) is 0 Å². The van der Waals surface area contributed by atoms with Crippen LogP contribution in [-0.2, 0) is 0 Å². The van der Waals surface area contributed by atoms with Crippen molar-refractivity contribution in [3.05, 3.63) is 22.7 Å². The van der Waals surface area contributed by atoms with Crippen LogP contribution >= 0.6 is 15.9 Å². The maximum atomic E-state index is 6.37. The molecule has 1 unspecified atom stereocenters. The van der Waals surface area contributed by atoms with Crippen LogP contribution in [0.2, 0.25) is 0 Å². The maximum Gasteiger partial charge on any atom is 0.145 e. The molecule has 1 atom stereocenters. The molecular weight excluding hydrogens is 340 g/mol. The van der Waals surface area contributed by atoms with Gasteiger partial charge >= 0.3 is 0 Å². The molecule has 0 spiro atoms. The van der Waals surface area contributed by atoms with E-state index in [4.69, 9.17) is 5.73 Å². The van der Waals surface area contributed by atoms with Crippen LogP contribution < -0.4 is 5.73 Å². The second-order valence-corrected chi connectivity index (χ2v) is 7.78. The molecule has 1 aromatic rings. The van der Waals surface area contributed by atoms with Crippen LogP contribution in [0.1, 0.15) is 56.8 Å². The van der Waals surface area contributed by atoms with Crippen LogP contribution in [0.3, 0.4) is 0 Å². The van der Waals surface area contributed by atoms with Crippen LogP contribution in [0.15, 0.2) is 16.9 Å². The van der Waals surface area contributed by atoms with Crippen molar-refractivity contribution in [2.24, 2.45) is 17.6 Å². The average Bonchev–Trinajstić information content (AvgIpc) is 2.52. The number of rotatable bonds is 7. The molecule has 0 saturated heterocycles. The standard InChI is InChI=1S/C17H29BrN4/c1-22(2)10-4-3-5-13-6-8-14(9-7-13)16(19)17-20-11-15(18)12-21-17/h11-14,16H,3-10,19H2,1-2H3. The number of aromatic nitrogens is 2. The third kappa shape index (κ3) is 5.60. The van der Waals surface area contributed by atoms with Gasteiger partial charge in [-0.2, -0.15) is 0 Å². The molecule has 1 fully saturated rings. The topological polar surface area (TPSA) is 55.0 Å². The minimum absolute atomic E-state index is 0.0113. The Bertz CT molecular complexity index is 427. The highest BCUT2D eigenvalue weighted by atomic mass is 79.9. The Morgan fingerprint density at radius 1 is 1.18 bits per heavy atom. The van der Waals surface area contributed by atoms with E-state index >= 15 is 0 Å². The largest absolute Gasteiger partial charge is 0.321 e. The number of nitrogens with zero attached hydrogens (tertiary/aromatic N) is 3. The average molecular weight is 369 g/mol. The lowest BCUT2D eigenvalue weighted by atomic mass is 9.77. The van der Waals surface area contributed by atoms with Gasteiger partial charge in [0.05, 0.1) is 10.5 Å². The molecule has 5 heteroatoms. The molecule has 1 heterocycles. The second-order valence-electron chi connectivity index (χ2n) is 6.87. The van der Waals surface area contributed by atoms with Crippen molar-refractivity contribution < 1.29 is 0 Å². The number of halogens is 1. The van der Waals surface area contributed by atoms with Crippen LogP contribution in [0.4, 0.5) is 0 Å². The zero-order valence-electron chi connectivity index (χ0n) is 13.8. The number of hydrogen-bond donors (Lipinski definition) is 1. The lowest BCUT2D eigenvalue weighted by Gasteiger charge is -2.31. The van der Waals surface area contributed by atoms with E-state index in [9.17, 15) is 0 Å². The van der Waals surface area contributed by atoms with Crippen LogP contribution in [-0.4, -0.2) is 35.5 Å². The van der Waals surface area contributed by atoms with Crippen molar-refractivity contribution in [2.75, 3.05) is 20.6 Å². The zero-order valence-corrected chi connectivity index (χ0v) is 15.4. The third-order valence-electron chi connectivity index (χ3n) is 4.81. The Hall–Kier alpha value is -0.520. The fraction of sp³-hybridized carbons (Fsp3) is 0.765. The number of unbranched alkanes of at least 4 members (excludes halogenated alkanes) is 1. The van der Waals surface area contributed by atoms with E-state index in [1.54, 1.807) is 12.4 Å². The Morgan fingerprint density at radius 2 is 1.82 bits per heavy atom. The van der Waals surface area contributed by atoms with Crippen molar-refractivity contribution in [1.82, 2.24) is 14.9 Å². The fourth-order valence-electron chi connectivity index (χ4n) is 3.40. The Labute approximate surface area is 143 Å². The molecule has 1 saturated carbocycles. The quantitative estimate of drug-likeness (QED) is 0.744. The van der Waals surface area contributed by atoms with Crippen molar-refractivity contribution in [1.29, 1.82) is 0 Å². The minimum Gasteiger partial charge on any atom is -0.321 e. The van der Waals surface area contributed by atoms with Gasteiger partial charge in [-0.3, -0.25) is 0 Å². The van der Waals surface area contributed by atoms with Gasteiger partial charge in [0.25, 0.3) is 0 Å². The highest BCUT2D eigenvalue weighted by molar-refractivity contribution is 9.10. The first-order valence-corrected chi connectivity index (χ1v) is 9.23. The normalized spacial score (nSPS) is 23.7. The predicted molar refractivity (Wildman–Crippen MR) is 94.5 cm³/mol. The Balaban J connectivity index is 1.71. The molecule has 0 amide bonds. The van der Waals surface area contributed by atoms with Gasteiger partial charge in [0.15, 0.2) is 0 Å². The van der Waals surface area contributed by atoms with Crippen LogP contribution in [0.5, 0.6) is 0 Å². The first-order valence-electron chi connectivity index (χ1n) is 8.44. The minimum atomic E-state index is -0.0113. The Kier molecular flexibility index (Phi) is 7.25. The molecular formula is C17H29BrN4. The smallest absolute Gasteiger partial charge is 0.145 e. The number of hydrogen-bond acceptors (Lipinski definition) is 4. The highest BCUT2D eigenvalue weighted by Crippen LogP contribution is 2.36.